The van der Waals surface area contributed by atoms with Gasteiger partial charge in [0.1, 0.15) is 23.9 Å². The van der Waals surface area contributed by atoms with Gasteiger partial charge >= 0.3 is 6.18 Å². The summed E-state index contributed by atoms with van der Waals surface area (Å²) in [6, 6.07) is 9.49. The van der Waals surface area contributed by atoms with Gasteiger partial charge in [-0.25, -0.2) is 8.78 Å². The molecule has 1 saturated heterocycles. The zero-order chi connectivity index (χ0) is 28.0. The van der Waals surface area contributed by atoms with Crippen LogP contribution in [0.3, 0.4) is 0 Å². The van der Waals surface area contributed by atoms with Crippen LogP contribution in [0.25, 0.3) is 10.9 Å². The second kappa shape index (κ2) is 12.9. The predicted octanol–water partition coefficient (Wildman–Crippen LogP) is 6.19. The van der Waals surface area contributed by atoms with E-state index in [1.54, 1.807) is 31.6 Å². The molecule has 1 aliphatic heterocycles. The molecule has 1 aromatic heterocycles. The molecule has 11 heteroatoms. The number of alkyl halides is 3. The molecule has 4 rings (SSSR count). The molecule has 0 amide bonds. The van der Waals surface area contributed by atoms with Crippen molar-refractivity contribution >= 4 is 34.0 Å². The van der Waals surface area contributed by atoms with Crippen molar-refractivity contribution in [2.24, 2.45) is 0 Å². The van der Waals surface area contributed by atoms with Crippen molar-refractivity contribution in [3.8, 4) is 11.8 Å². The molecule has 0 bridgehead atoms. The fourth-order valence-electron chi connectivity index (χ4n) is 4.71. The highest BCUT2D eigenvalue weighted by molar-refractivity contribution is 7.98. The van der Waals surface area contributed by atoms with E-state index in [2.05, 4.69) is 27.4 Å². The first-order valence-electron chi connectivity index (χ1n) is 12.6. The largest absolute Gasteiger partial charge is 0.406 e. The Morgan fingerprint density at radius 3 is 2.46 bits per heavy atom. The summed E-state index contributed by atoms with van der Waals surface area (Å²) in [7, 11) is 1.68. The number of hydrogen-bond acceptors (Lipinski definition) is 5. The van der Waals surface area contributed by atoms with E-state index in [0.29, 0.717) is 22.4 Å². The molecule has 0 radical (unpaired) electrons. The third kappa shape index (κ3) is 7.59. The fourth-order valence-corrected chi connectivity index (χ4v) is 5.15. The molecule has 3 aromatic rings. The second-order valence-corrected chi connectivity index (χ2v) is 10.2. The Morgan fingerprint density at radius 2 is 1.82 bits per heavy atom. The lowest BCUT2D eigenvalue weighted by Gasteiger charge is -2.32. The molecule has 2 heterocycles. The number of hydrogen-bond donors (Lipinski definition) is 2. The van der Waals surface area contributed by atoms with Crippen molar-refractivity contribution in [3.05, 3.63) is 53.7 Å². The van der Waals surface area contributed by atoms with Crippen molar-refractivity contribution in [2.75, 3.05) is 56.8 Å². The topological polar surface area (TPSA) is 41.5 Å². The summed E-state index contributed by atoms with van der Waals surface area (Å²) in [5, 5.41) is 6.76. The van der Waals surface area contributed by atoms with Gasteiger partial charge in [0.05, 0.1) is 24.4 Å². The number of halogens is 5. The van der Waals surface area contributed by atoms with Crippen LogP contribution < -0.4 is 10.6 Å². The highest BCUT2D eigenvalue weighted by atomic mass is 32.2. The summed E-state index contributed by atoms with van der Waals surface area (Å²) >= 11 is 1.21. The van der Waals surface area contributed by atoms with Gasteiger partial charge in [-0.2, -0.15) is 13.2 Å². The lowest BCUT2D eigenvalue weighted by Crippen LogP contribution is -2.40. The van der Waals surface area contributed by atoms with Crippen molar-refractivity contribution in [3.63, 3.8) is 0 Å². The van der Waals surface area contributed by atoms with Crippen LogP contribution in [0.2, 0.25) is 0 Å². The average Bonchev–Trinajstić information content (AvgIpc) is 3.23. The first-order chi connectivity index (χ1) is 18.7. The van der Waals surface area contributed by atoms with E-state index in [9.17, 15) is 22.0 Å². The second-order valence-electron chi connectivity index (χ2n) is 9.34. The number of aromatic nitrogens is 1. The molecule has 210 valence electrons. The van der Waals surface area contributed by atoms with Crippen LogP contribution in [0, 0.1) is 23.5 Å². The number of likely N-dealkylation sites (tertiary alicyclic amines) is 1. The molecule has 0 atom stereocenters. The molecule has 39 heavy (non-hydrogen) atoms. The molecule has 0 unspecified atom stereocenters. The first kappa shape index (κ1) is 29.1. The Kier molecular flexibility index (Phi) is 9.64. The van der Waals surface area contributed by atoms with E-state index >= 15 is 0 Å². The fraction of sp³-hybridized carbons (Fsp3) is 0.429. The molecule has 0 aliphatic carbocycles. The Balaban J connectivity index is 1.54. The highest BCUT2D eigenvalue weighted by Gasteiger charge is 2.30. The van der Waals surface area contributed by atoms with E-state index in [-0.39, 0.29) is 24.0 Å². The van der Waals surface area contributed by atoms with Gasteiger partial charge in [0, 0.05) is 48.8 Å². The standard InChI is InChI=1S/C28H31F5N4OS/c1-38-14-13-36-11-8-19(9-12-36)35-25-6-3-7-26-22(25)15-20(37(26)18-28(31,32)33)5-4-10-34-27-23(29)16-21(39-2)17-24(27)30/h3,6-7,15-17,19,34-35H,8-14,18H2,1-2H3. The first-order valence-corrected chi connectivity index (χ1v) is 13.8. The summed E-state index contributed by atoms with van der Waals surface area (Å²) in [5.41, 5.74) is 1.02. The molecule has 5 nitrogen and oxygen atoms in total. The number of methoxy groups -OCH3 is 1. The Hall–Kier alpha value is -2.94. The van der Waals surface area contributed by atoms with Crippen molar-refractivity contribution < 1.29 is 26.7 Å². The smallest absolute Gasteiger partial charge is 0.383 e. The number of nitrogens with one attached hydrogen (secondary N) is 2. The molecule has 2 N–H and O–H groups in total. The number of fused-ring (bicyclic) bond motifs is 1. The van der Waals surface area contributed by atoms with Gasteiger partial charge in [-0.3, -0.25) is 0 Å². The maximum atomic E-state index is 14.2. The van der Waals surface area contributed by atoms with Crippen LogP contribution in [0.1, 0.15) is 18.5 Å². The molecule has 1 fully saturated rings. The minimum absolute atomic E-state index is 0.146. The predicted molar refractivity (Wildman–Crippen MR) is 146 cm³/mol. The normalized spacial score (nSPS) is 14.8. The van der Waals surface area contributed by atoms with Gasteiger partial charge in [0.15, 0.2) is 0 Å². The van der Waals surface area contributed by atoms with E-state index in [0.717, 1.165) is 42.7 Å². The van der Waals surface area contributed by atoms with E-state index in [4.69, 9.17) is 4.74 Å². The molecular formula is C28H31F5N4OS. The van der Waals surface area contributed by atoms with Gasteiger partial charge < -0.3 is 24.8 Å². The average molecular weight is 567 g/mol. The quantitative estimate of drug-likeness (QED) is 0.184. The molecule has 0 saturated carbocycles. The van der Waals surface area contributed by atoms with E-state index < -0.39 is 24.4 Å². The SMILES string of the molecule is COCCN1CCC(Nc2cccc3c2cc(C#CCNc2c(F)cc(SC)cc2F)n3CC(F)(F)F)CC1. The van der Waals surface area contributed by atoms with Crippen molar-refractivity contribution in [1.29, 1.82) is 0 Å². The third-order valence-electron chi connectivity index (χ3n) is 6.66. The lowest BCUT2D eigenvalue weighted by atomic mass is 10.0. The molecular weight excluding hydrogens is 535 g/mol. The third-order valence-corrected chi connectivity index (χ3v) is 7.37. The Morgan fingerprint density at radius 1 is 1.10 bits per heavy atom. The van der Waals surface area contributed by atoms with Crippen molar-refractivity contribution in [1.82, 2.24) is 9.47 Å². The van der Waals surface area contributed by atoms with Gasteiger partial charge in [-0.15, -0.1) is 11.8 Å². The van der Waals surface area contributed by atoms with Crippen molar-refractivity contribution in [2.45, 2.75) is 36.5 Å². The van der Waals surface area contributed by atoms with Gasteiger partial charge in [0.2, 0.25) is 0 Å². The van der Waals surface area contributed by atoms with E-state index in [1.807, 2.05) is 6.07 Å². The molecule has 0 spiro atoms. The zero-order valence-corrected chi connectivity index (χ0v) is 22.6. The summed E-state index contributed by atoms with van der Waals surface area (Å²) in [6.45, 7) is 2.03. The van der Waals surface area contributed by atoms with Gasteiger partial charge in [0.25, 0.3) is 0 Å². The maximum absolute atomic E-state index is 14.2. The minimum atomic E-state index is -4.45. The van der Waals surface area contributed by atoms with Gasteiger partial charge in [-0.05, 0) is 55.3 Å². The Labute approximate surface area is 229 Å². The van der Waals surface area contributed by atoms with Crippen LogP contribution in [-0.4, -0.2) is 67.8 Å². The van der Waals surface area contributed by atoms with Crippen LogP contribution in [-0.2, 0) is 11.3 Å². The van der Waals surface area contributed by atoms with Crippen LogP contribution in [0.15, 0.2) is 41.3 Å². The molecule has 1 aliphatic rings. The monoisotopic (exact) mass is 566 g/mol. The number of ether oxygens (including phenoxy) is 1. The minimum Gasteiger partial charge on any atom is -0.383 e. The Bertz CT molecular complexity index is 1320. The summed E-state index contributed by atoms with van der Waals surface area (Å²) in [6.07, 6.45) is -0.926. The number of benzene rings is 2. The van der Waals surface area contributed by atoms with E-state index in [1.165, 1.54) is 23.9 Å². The maximum Gasteiger partial charge on any atom is 0.406 e. The lowest BCUT2D eigenvalue weighted by molar-refractivity contribution is -0.140. The number of piperidine rings is 1. The summed E-state index contributed by atoms with van der Waals surface area (Å²) < 4.78 is 75.2. The van der Waals surface area contributed by atoms with Crippen LogP contribution in [0.4, 0.5) is 33.3 Å². The van der Waals surface area contributed by atoms with Crippen LogP contribution in [0.5, 0.6) is 0 Å². The number of anilines is 2. The summed E-state index contributed by atoms with van der Waals surface area (Å²) in [4.78, 5) is 2.78. The highest BCUT2D eigenvalue weighted by Crippen LogP contribution is 2.31. The number of nitrogens with zero attached hydrogens (tertiary/aromatic N) is 2. The van der Waals surface area contributed by atoms with Crippen LogP contribution >= 0.6 is 11.8 Å². The number of rotatable bonds is 9. The molecule has 2 aromatic carbocycles. The van der Waals surface area contributed by atoms with Gasteiger partial charge in [-0.1, -0.05) is 12.0 Å². The zero-order valence-electron chi connectivity index (χ0n) is 21.8. The summed E-state index contributed by atoms with van der Waals surface area (Å²) in [5.74, 6) is 3.97. The number of thioether (sulfide) groups is 1.